The van der Waals surface area contributed by atoms with Crippen LogP contribution in [-0.4, -0.2) is 20.5 Å². The molecule has 0 aromatic carbocycles. The molecule has 1 rings (SSSR count). The summed E-state index contributed by atoms with van der Waals surface area (Å²) in [6.07, 6.45) is 1.63. The molecule has 0 spiro atoms. The summed E-state index contributed by atoms with van der Waals surface area (Å²) in [5.41, 5.74) is 1.39. The average molecular weight is 238 g/mol. The molecule has 0 bridgehead atoms. The van der Waals surface area contributed by atoms with Crippen molar-refractivity contribution in [3.8, 4) is 0 Å². The zero-order valence-electron chi connectivity index (χ0n) is 10.5. The van der Waals surface area contributed by atoms with Gasteiger partial charge in [0.1, 0.15) is 5.82 Å². The monoisotopic (exact) mass is 238 g/mol. The highest BCUT2D eigenvalue weighted by Crippen LogP contribution is 2.26. The minimum absolute atomic E-state index is 0.0209. The molecule has 0 aliphatic rings. The molecular formula is C12H18N2OS. The number of thioether (sulfide) groups is 1. The summed E-state index contributed by atoms with van der Waals surface area (Å²) in [4.78, 5) is 19.8. The summed E-state index contributed by atoms with van der Waals surface area (Å²) in [5.74, 6) is 1.60. The maximum Gasteiger partial charge on any atom is 0.163 e. The Hall–Kier alpha value is -0.900. The Kier molecular flexibility index (Phi) is 4.08. The van der Waals surface area contributed by atoms with Gasteiger partial charge in [-0.05, 0) is 13.8 Å². The third-order valence-corrected chi connectivity index (χ3v) is 3.31. The highest BCUT2D eigenvalue weighted by Gasteiger charge is 2.13. The molecule has 0 saturated carbocycles. The first-order chi connectivity index (χ1) is 7.29. The van der Waals surface area contributed by atoms with Gasteiger partial charge in [-0.2, -0.15) is 0 Å². The summed E-state index contributed by atoms with van der Waals surface area (Å²) < 4.78 is 0.205. The van der Waals surface area contributed by atoms with Crippen molar-refractivity contribution in [3.63, 3.8) is 0 Å². The number of rotatable bonds is 3. The van der Waals surface area contributed by atoms with Crippen molar-refractivity contribution in [3.05, 3.63) is 23.3 Å². The van der Waals surface area contributed by atoms with Crippen LogP contribution in [0.2, 0.25) is 0 Å². The number of nitrogens with zero attached hydrogens (tertiary/aromatic N) is 2. The third-order valence-electron chi connectivity index (χ3n) is 2.04. The molecule has 1 aromatic rings. The van der Waals surface area contributed by atoms with E-state index in [-0.39, 0.29) is 10.5 Å². The van der Waals surface area contributed by atoms with E-state index in [0.29, 0.717) is 5.56 Å². The first kappa shape index (κ1) is 13.2. The molecule has 3 nitrogen and oxygen atoms in total. The highest BCUT2D eigenvalue weighted by atomic mass is 32.2. The van der Waals surface area contributed by atoms with Gasteiger partial charge >= 0.3 is 0 Å². The van der Waals surface area contributed by atoms with Gasteiger partial charge in [-0.15, -0.1) is 11.8 Å². The molecule has 1 heterocycles. The van der Waals surface area contributed by atoms with Crippen LogP contribution < -0.4 is 0 Å². The average Bonchev–Trinajstić information content (AvgIpc) is 2.13. The van der Waals surface area contributed by atoms with Crippen molar-refractivity contribution in [1.82, 2.24) is 9.97 Å². The van der Waals surface area contributed by atoms with Gasteiger partial charge in [0.25, 0.3) is 0 Å². The minimum atomic E-state index is 0.0209. The normalized spacial score (nSPS) is 11.6. The minimum Gasteiger partial charge on any atom is -0.294 e. The van der Waals surface area contributed by atoms with Gasteiger partial charge in [-0.3, -0.25) is 4.79 Å². The molecule has 1 aromatic heterocycles. The lowest BCUT2D eigenvalue weighted by Gasteiger charge is -2.16. The van der Waals surface area contributed by atoms with E-state index in [0.717, 1.165) is 17.3 Å². The number of ketones is 1. The highest BCUT2D eigenvalue weighted by molar-refractivity contribution is 7.99. The molecule has 88 valence electrons. The molecule has 0 unspecified atom stereocenters. The second-order valence-electron chi connectivity index (χ2n) is 4.74. The molecule has 0 saturated heterocycles. The van der Waals surface area contributed by atoms with Gasteiger partial charge in [0, 0.05) is 10.9 Å². The lowest BCUT2D eigenvalue weighted by Crippen LogP contribution is -2.10. The van der Waals surface area contributed by atoms with E-state index in [1.165, 1.54) is 6.92 Å². The van der Waals surface area contributed by atoms with Crippen LogP contribution in [0.5, 0.6) is 0 Å². The Balaban J connectivity index is 2.78. The van der Waals surface area contributed by atoms with Crippen LogP contribution >= 0.6 is 11.8 Å². The van der Waals surface area contributed by atoms with Gasteiger partial charge in [-0.1, -0.05) is 20.8 Å². The molecule has 0 N–H and O–H groups in total. The number of hydrogen-bond donors (Lipinski definition) is 0. The molecule has 4 heteroatoms. The van der Waals surface area contributed by atoms with Crippen LogP contribution in [0.15, 0.2) is 6.20 Å². The van der Waals surface area contributed by atoms with Crippen molar-refractivity contribution in [2.45, 2.75) is 45.1 Å². The molecule has 0 aliphatic heterocycles. The van der Waals surface area contributed by atoms with Gasteiger partial charge in [0.05, 0.1) is 17.0 Å². The van der Waals surface area contributed by atoms with E-state index < -0.39 is 0 Å². The number of hydrogen-bond acceptors (Lipinski definition) is 4. The van der Waals surface area contributed by atoms with Crippen molar-refractivity contribution >= 4 is 17.5 Å². The van der Waals surface area contributed by atoms with Gasteiger partial charge in [0.15, 0.2) is 5.78 Å². The van der Waals surface area contributed by atoms with Crippen molar-refractivity contribution in [2.24, 2.45) is 0 Å². The summed E-state index contributed by atoms with van der Waals surface area (Å²) in [6.45, 7) is 9.87. The van der Waals surface area contributed by atoms with Crippen molar-refractivity contribution in [1.29, 1.82) is 0 Å². The predicted molar refractivity (Wildman–Crippen MR) is 67.8 cm³/mol. The molecule has 0 amide bonds. The Labute approximate surface area is 101 Å². The third kappa shape index (κ3) is 3.93. The smallest absolute Gasteiger partial charge is 0.163 e. The van der Waals surface area contributed by atoms with E-state index in [1.807, 2.05) is 6.92 Å². The molecule has 0 fully saturated rings. The molecule has 0 atom stereocenters. The summed E-state index contributed by atoms with van der Waals surface area (Å²) >= 11 is 1.80. The fourth-order valence-electron chi connectivity index (χ4n) is 1.21. The quantitative estimate of drug-likeness (QED) is 0.759. The van der Waals surface area contributed by atoms with Gasteiger partial charge < -0.3 is 0 Å². The lowest BCUT2D eigenvalue weighted by atomic mass is 10.2. The number of aromatic nitrogens is 2. The Bertz CT molecular complexity index is 396. The largest absolute Gasteiger partial charge is 0.294 e. The Morgan fingerprint density at radius 1 is 1.44 bits per heavy atom. The summed E-state index contributed by atoms with van der Waals surface area (Å²) in [7, 11) is 0. The van der Waals surface area contributed by atoms with E-state index in [4.69, 9.17) is 0 Å². The lowest BCUT2D eigenvalue weighted by molar-refractivity contribution is 0.101. The molecule has 0 aliphatic carbocycles. The van der Waals surface area contributed by atoms with Crippen molar-refractivity contribution in [2.75, 3.05) is 0 Å². The van der Waals surface area contributed by atoms with Gasteiger partial charge in [0.2, 0.25) is 0 Å². The van der Waals surface area contributed by atoms with Crippen molar-refractivity contribution < 1.29 is 4.79 Å². The predicted octanol–water partition coefficient (Wildman–Crippen LogP) is 3.02. The van der Waals surface area contributed by atoms with E-state index in [9.17, 15) is 4.79 Å². The standard InChI is InChI=1S/C12H18N2OS/c1-8-10(9(2)15)6-13-11(14-8)7-16-12(3,4)5/h6H,7H2,1-5H3. The summed E-state index contributed by atoms with van der Waals surface area (Å²) in [5, 5.41) is 0. The van der Waals surface area contributed by atoms with Crippen LogP contribution in [0.3, 0.4) is 0 Å². The van der Waals surface area contributed by atoms with E-state index >= 15 is 0 Å². The number of carbonyl (C=O) groups is 1. The number of Topliss-reactive ketones (excluding diaryl/α,β-unsaturated/α-hetero) is 1. The first-order valence-electron chi connectivity index (χ1n) is 5.27. The first-order valence-corrected chi connectivity index (χ1v) is 6.25. The fraction of sp³-hybridized carbons (Fsp3) is 0.583. The maximum absolute atomic E-state index is 11.2. The second kappa shape index (κ2) is 4.95. The topological polar surface area (TPSA) is 42.9 Å². The molecular weight excluding hydrogens is 220 g/mol. The zero-order chi connectivity index (χ0) is 12.3. The summed E-state index contributed by atoms with van der Waals surface area (Å²) in [6, 6.07) is 0. The van der Waals surface area contributed by atoms with Crippen LogP contribution in [0, 0.1) is 6.92 Å². The molecule has 0 radical (unpaired) electrons. The van der Waals surface area contributed by atoms with E-state index in [1.54, 1.807) is 18.0 Å². The van der Waals surface area contributed by atoms with Crippen LogP contribution in [0.1, 0.15) is 49.6 Å². The number of carbonyl (C=O) groups excluding carboxylic acids is 1. The van der Waals surface area contributed by atoms with Crippen LogP contribution in [-0.2, 0) is 5.75 Å². The zero-order valence-corrected chi connectivity index (χ0v) is 11.3. The molecule has 16 heavy (non-hydrogen) atoms. The van der Waals surface area contributed by atoms with Gasteiger partial charge in [-0.25, -0.2) is 9.97 Å². The van der Waals surface area contributed by atoms with Crippen LogP contribution in [0.4, 0.5) is 0 Å². The number of aryl methyl sites for hydroxylation is 1. The maximum atomic E-state index is 11.2. The fourth-order valence-corrected chi connectivity index (χ4v) is 1.91. The Morgan fingerprint density at radius 3 is 2.50 bits per heavy atom. The van der Waals surface area contributed by atoms with E-state index in [2.05, 4.69) is 30.7 Å². The Morgan fingerprint density at radius 2 is 2.06 bits per heavy atom. The van der Waals surface area contributed by atoms with Crippen LogP contribution in [0.25, 0.3) is 0 Å². The SMILES string of the molecule is CC(=O)c1cnc(CSC(C)(C)C)nc1C. The second-order valence-corrected chi connectivity index (χ2v) is 6.54.